The summed E-state index contributed by atoms with van der Waals surface area (Å²) < 4.78 is 5.39. The SMILES string of the molecule is CC(C(=O)O)N(C(=O)Cc1coc(-c2cccs2)n1)C1CC1. The predicted molar refractivity (Wildman–Crippen MR) is 80.5 cm³/mol. The molecular weight excluding hydrogens is 304 g/mol. The number of rotatable bonds is 6. The third-order valence-electron chi connectivity index (χ3n) is 3.62. The largest absolute Gasteiger partial charge is 0.480 e. The van der Waals surface area contributed by atoms with Gasteiger partial charge in [0.15, 0.2) is 0 Å². The van der Waals surface area contributed by atoms with Crippen molar-refractivity contribution in [1.82, 2.24) is 9.88 Å². The van der Waals surface area contributed by atoms with Crippen molar-refractivity contribution in [2.24, 2.45) is 0 Å². The molecule has 0 radical (unpaired) electrons. The van der Waals surface area contributed by atoms with E-state index in [9.17, 15) is 9.59 Å². The molecule has 3 rings (SSSR count). The molecule has 1 amide bonds. The van der Waals surface area contributed by atoms with E-state index in [0.29, 0.717) is 11.6 Å². The number of aliphatic carboxylic acids is 1. The van der Waals surface area contributed by atoms with Crippen LogP contribution >= 0.6 is 11.3 Å². The molecule has 0 aromatic carbocycles. The van der Waals surface area contributed by atoms with Crippen LogP contribution in [0.15, 0.2) is 28.2 Å². The number of hydrogen-bond acceptors (Lipinski definition) is 5. The van der Waals surface area contributed by atoms with Gasteiger partial charge in [0.25, 0.3) is 0 Å². The molecule has 0 saturated heterocycles. The Labute approximate surface area is 131 Å². The van der Waals surface area contributed by atoms with E-state index in [2.05, 4.69) is 4.98 Å². The molecule has 0 aliphatic heterocycles. The summed E-state index contributed by atoms with van der Waals surface area (Å²) in [5.41, 5.74) is 0.525. The van der Waals surface area contributed by atoms with Crippen molar-refractivity contribution in [3.05, 3.63) is 29.5 Å². The van der Waals surface area contributed by atoms with Crippen LogP contribution in [0.1, 0.15) is 25.5 Å². The van der Waals surface area contributed by atoms with Crippen LogP contribution < -0.4 is 0 Å². The monoisotopic (exact) mass is 320 g/mol. The minimum atomic E-state index is -0.986. The topological polar surface area (TPSA) is 83.6 Å². The number of thiophene rings is 1. The molecule has 2 aromatic heterocycles. The summed E-state index contributed by atoms with van der Waals surface area (Å²) in [5, 5.41) is 11.1. The normalized spacial score (nSPS) is 15.5. The van der Waals surface area contributed by atoms with Crippen LogP contribution in [-0.2, 0) is 16.0 Å². The number of amides is 1. The lowest BCUT2D eigenvalue weighted by molar-refractivity contribution is -0.149. The molecule has 1 N–H and O–H groups in total. The molecule has 22 heavy (non-hydrogen) atoms. The Morgan fingerprint density at radius 2 is 2.32 bits per heavy atom. The van der Waals surface area contributed by atoms with Crippen LogP contribution in [0.2, 0.25) is 0 Å². The Morgan fingerprint density at radius 3 is 2.91 bits per heavy atom. The van der Waals surface area contributed by atoms with E-state index in [1.807, 2.05) is 17.5 Å². The number of carboxylic acids is 1. The Kier molecular flexibility index (Phi) is 3.98. The van der Waals surface area contributed by atoms with Gasteiger partial charge in [-0.05, 0) is 31.2 Å². The molecule has 2 aromatic rings. The van der Waals surface area contributed by atoms with Crippen LogP contribution in [0.25, 0.3) is 10.8 Å². The number of carbonyl (C=O) groups excluding carboxylic acids is 1. The third kappa shape index (κ3) is 3.04. The summed E-state index contributed by atoms with van der Waals surface area (Å²) >= 11 is 1.51. The molecule has 1 aliphatic carbocycles. The minimum absolute atomic E-state index is 0.0438. The molecule has 1 fully saturated rings. The third-order valence-corrected chi connectivity index (χ3v) is 4.48. The zero-order valence-corrected chi connectivity index (χ0v) is 12.9. The van der Waals surface area contributed by atoms with Crippen molar-refractivity contribution in [3.8, 4) is 10.8 Å². The predicted octanol–water partition coefficient (Wildman–Crippen LogP) is 2.41. The van der Waals surface area contributed by atoms with Crippen LogP contribution in [0.4, 0.5) is 0 Å². The fourth-order valence-electron chi connectivity index (χ4n) is 2.36. The molecular formula is C15H16N2O4S. The first kappa shape index (κ1) is 14.8. The van der Waals surface area contributed by atoms with E-state index in [0.717, 1.165) is 17.7 Å². The van der Waals surface area contributed by atoms with Crippen molar-refractivity contribution < 1.29 is 19.1 Å². The van der Waals surface area contributed by atoms with Gasteiger partial charge in [-0.1, -0.05) is 6.07 Å². The van der Waals surface area contributed by atoms with Gasteiger partial charge >= 0.3 is 5.97 Å². The molecule has 6 nitrogen and oxygen atoms in total. The molecule has 1 atom stereocenters. The molecule has 1 aliphatic rings. The van der Waals surface area contributed by atoms with Crippen molar-refractivity contribution in [1.29, 1.82) is 0 Å². The van der Waals surface area contributed by atoms with Crippen LogP contribution in [0.5, 0.6) is 0 Å². The van der Waals surface area contributed by atoms with Gasteiger partial charge in [0.2, 0.25) is 11.8 Å². The van der Waals surface area contributed by atoms with Gasteiger partial charge in [0, 0.05) is 6.04 Å². The fourth-order valence-corrected chi connectivity index (χ4v) is 3.01. The van der Waals surface area contributed by atoms with Gasteiger partial charge in [-0.15, -0.1) is 11.3 Å². The van der Waals surface area contributed by atoms with Gasteiger partial charge in [0.05, 0.1) is 17.0 Å². The summed E-state index contributed by atoms with van der Waals surface area (Å²) in [4.78, 5) is 30.2. The van der Waals surface area contributed by atoms with Crippen LogP contribution in [0, 0.1) is 0 Å². The molecule has 1 saturated carbocycles. The highest BCUT2D eigenvalue weighted by Gasteiger charge is 2.38. The summed E-state index contributed by atoms with van der Waals surface area (Å²) in [6, 6.07) is 3.02. The first-order valence-corrected chi connectivity index (χ1v) is 7.96. The van der Waals surface area contributed by atoms with Crippen molar-refractivity contribution in [2.75, 3.05) is 0 Å². The molecule has 0 bridgehead atoms. The minimum Gasteiger partial charge on any atom is -0.480 e. The summed E-state index contributed by atoms with van der Waals surface area (Å²) in [5.74, 6) is -0.717. The van der Waals surface area contributed by atoms with Crippen LogP contribution in [-0.4, -0.2) is 39.0 Å². The Morgan fingerprint density at radius 1 is 1.55 bits per heavy atom. The number of oxazole rings is 1. The molecule has 1 unspecified atom stereocenters. The molecule has 7 heteroatoms. The summed E-state index contributed by atoms with van der Waals surface area (Å²) in [6.07, 6.45) is 3.25. The summed E-state index contributed by atoms with van der Waals surface area (Å²) in [7, 11) is 0. The second kappa shape index (κ2) is 5.92. The van der Waals surface area contributed by atoms with Crippen molar-refractivity contribution in [3.63, 3.8) is 0 Å². The van der Waals surface area contributed by atoms with Crippen LogP contribution in [0.3, 0.4) is 0 Å². The number of hydrogen-bond donors (Lipinski definition) is 1. The zero-order valence-electron chi connectivity index (χ0n) is 12.1. The maximum Gasteiger partial charge on any atom is 0.326 e. The van der Waals surface area contributed by atoms with Gasteiger partial charge in [0.1, 0.15) is 12.3 Å². The lowest BCUT2D eigenvalue weighted by atomic mass is 10.2. The maximum absolute atomic E-state index is 12.4. The Balaban J connectivity index is 1.71. The van der Waals surface area contributed by atoms with Gasteiger partial charge in [-0.25, -0.2) is 9.78 Å². The van der Waals surface area contributed by atoms with Gasteiger partial charge < -0.3 is 14.4 Å². The zero-order chi connectivity index (χ0) is 15.7. The maximum atomic E-state index is 12.4. The van der Waals surface area contributed by atoms with E-state index in [4.69, 9.17) is 9.52 Å². The molecule has 0 spiro atoms. The highest BCUT2D eigenvalue weighted by Crippen LogP contribution is 2.30. The van der Waals surface area contributed by atoms with E-state index in [1.54, 1.807) is 6.92 Å². The van der Waals surface area contributed by atoms with Crippen molar-refractivity contribution >= 4 is 23.2 Å². The van der Waals surface area contributed by atoms with E-state index >= 15 is 0 Å². The second-order valence-corrected chi connectivity index (χ2v) is 6.29. The van der Waals surface area contributed by atoms with E-state index in [-0.39, 0.29) is 18.4 Å². The number of nitrogens with zero attached hydrogens (tertiary/aromatic N) is 2. The highest BCUT2D eigenvalue weighted by atomic mass is 32.1. The smallest absolute Gasteiger partial charge is 0.326 e. The number of carbonyl (C=O) groups is 2. The molecule has 116 valence electrons. The average Bonchev–Trinajstić information content (AvgIpc) is 2.99. The highest BCUT2D eigenvalue weighted by molar-refractivity contribution is 7.13. The first-order chi connectivity index (χ1) is 10.6. The average molecular weight is 320 g/mol. The Hall–Kier alpha value is -2.15. The fraction of sp³-hybridized carbons (Fsp3) is 0.400. The number of aromatic nitrogens is 1. The quantitative estimate of drug-likeness (QED) is 0.883. The molecule has 2 heterocycles. The Bertz CT molecular complexity index is 676. The number of carboxylic acid groups (broad SMARTS) is 1. The second-order valence-electron chi connectivity index (χ2n) is 5.34. The van der Waals surface area contributed by atoms with E-state index in [1.165, 1.54) is 22.5 Å². The van der Waals surface area contributed by atoms with E-state index < -0.39 is 12.0 Å². The standard InChI is InChI=1S/C15H16N2O4S/c1-9(15(19)20)17(11-4-5-11)13(18)7-10-8-21-14(16-10)12-3-2-6-22-12/h2-3,6,8-9,11H,4-5,7H2,1H3,(H,19,20). The lowest BCUT2D eigenvalue weighted by Gasteiger charge is -2.26. The summed E-state index contributed by atoms with van der Waals surface area (Å²) in [6.45, 7) is 1.54. The van der Waals surface area contributed by atoms with Gasteiger partial charge in [-0.3, -0.25) is 4.79 Å². The van der Waals surface area contributed by atoms with Gasteiger partial charge in [-0.2, -0.15) is 0 Å². The van der Waals surface area contributed by atoms with Crippen molar-refractivity contribution in [2.45, 2.75) is 38.3 Å². The first-order valence-electron chi connectivity index (χ1n) is 7.08. The lowest BCUT2D eigenvalue weighted by Crippen LogP contribution is -2.45.